The maximum absolute atomic E-state index is 11.5. The lowest BCUT2D eigenvalue weighted by molar-refractivity contribution is 0.153. The number of hydrogen-bond donors (Lipinski definition) is 1. The first-order valence-electron chi connectivity index (χ1n) is 4.60. The number of carbonyl (C=O) groups is 1. The highest BCUT2D eigenvalue weighted by Gasteiger charge is 2.09. The van der Waals surface area contributed by atoms with Gasteiger partial charge >= 0.3 is 6.09 Å². The molecule has 0 aliphatic carbocycles. The summed E-state index contributed by atoms with van der Waals surface area (Å²) in [5, 5.41) is 6.18. The molecule has 1 atom stereocenters. The highest BCUT2D eigenvalue weighted by atomic mass is 32.2. The number of rotatable bonds is 5. The predicted octanol–water partition coefficient (Wildman–Crippen LogP) is 1.39. The van der Waals surface area contributed by atoms with E-state index in [1.807, 2.05) is 6.92 Å². The van der Waals surface area contributed by atoms with E-state index in [9.17, 15) is 9.00 Å². The molecule has 0 heterocycles. The summed E-state index contributed by atoms with van der Waals surface area (Å²) in [5.41, 5.74) is 0. The van der Waals surface area contributed by atoms with Gasteiger partial charge in [0.05, 0.1) is 10.8 Å². The van der Waals surface area contributed by atoms with Gasteiger partial charge in [0.1, 0.15) is 5.04 Å². The van der Waals surface area contributed by atoms with Crippen molar-refractivity contribution >= 4 is 21.9 Å². The van der Waals surface area contributed by atoms with E-state index in [0.29, 0.717) is 17.2 Å². The van der Waals surface area contributed by atoms with Crippen molar-refractivity contribution in [1.29, 1.82) is 0 Å². The Bertz CT molecular complexity index is 277. The molecular formula is C9H16N2O3S. The molecule has 0 fully saturated rings. The fourth-order valence-electron chi connectivity index (χ4n) is 0.756. The van der Waals surface area contributed by atoms with Crippen molar-refractivity contribution in [1.82, 2.24) is 5.32 Å². The highest BCUT2D eigenvalue weighted by molar-refractivity contribution is 8.00. The zero-order valence-electron chi connectivity index (χ0n) is 8.99. The first kappa shape index (κ1) is 13.8. The number of nitrogens with one attached hydrogen (secondary N) is 1. The van der Waals surface area contributed by atoms with E-state index < -0.39 is 16.9 Å². The van der Waals surface area contributed by atoms with E-state index in [0.717, 1.165) is 6.42 Å². The van der Waals surface area contributed by atoms with Gasteiger partial charge in [0.25, 0.3) is 0 Å². The second-order valence-electron chi connectivity index (χ2n) is 2.66. The predicted molar refractivity (Wildman–Crippen MR) is 61.1 cm³/mol. The van der Waals surface area contributed by atoms with Crippen molar-refractivity contribution in [3.05, 3.63) is 12.7 Å². The molecule has 0 saturated carbocycles. The molecule has 0 aliphatic heterocycles. The molecule has 15 heavy (non-hydrogen) atoms. The number of amides is 1. The van der Waals surface area contributed by atoms with Crippen LogP contribution < -0.4 is 5.32 Å². The van der Waals surface area contributed by atoms with Crippen molar-refractivity contribution in [3.8, 4) is 0 Å². The van der Waals surface area contributed by atoms with Gasteiger partial charge < -0.3 is 5.32 Å². The molecule has 0 rings (SSSR count). The molecule has 0 aliphatic rings. The van der Waals surface area contributed by atoms with Gasteiger partial charge in [-0.2, -0.15) is 0 Å². The third-order valence-electron chi connectivity index (χ3n) is 1.43. The monoisotopic (exact) mass is 232 g/mol. The van der Waals surface area contributed by atoms with Crippen LogP contribution in [0.3, 0.4) is 0 Å². The van der Waals surface area contributed by atoms with Crippen LogP contribution in [-0.2, 0) is 15.6 Å². The van der Waals surface area contributed by atoms with Gasteiger partial charge in [-0.1, -0.05) is 18.2 Å². The van der Waals surface area contributed by atoms with Crippen LogP contribution in [0.2, 0.25) is 0 Å². The zero-order chi connectivity index (χ0) is 11.7. The summed E-state index contributed by atoms with van der Waals surface area (Å²) < 4.78 is 11.5. The third-order valence-corrected chi connectivity index (χ3v) is 2.77. The summed E-state index contributed by atoms with van der Waals surface area (Å²) in [6, 6.07) is 0. The molecule has 86 valence electrons. The van der Waals surface area contributed by atoms with Crippen LogP contribution in [-0.4, -0.2) is 28.1 Å². The Morgan fingerprint density at radius 1 is 1.67 bits per heavy atom. The molecule has 0 aromatic carbocycles. The van der Waals surface area contributed by atoms with Crippen molar-refractivity contribution in [2.45, 2.75) is 19.8 Å². The second-order valence-corrected chi connectivity index (χ2v) is 4.16. The maximum Gasteiger partial charge on any atom is 0.433 e. The Morgan fingerprint density at radius 2 is 2.33 bits per heavy atom. The van der Waals surface area contributed by atoms with Gasteiger partial charge in [0.2, 0.25) is 0 Å². The Hall–Kier alpha value is -1.17. The Morgan fingerprint density at radius 3 is 2.80 bits per heavy atom. The Balaban J connectivity index is 4.42. The van der Waals surface area contributed by atoms with Crippen molar-refractivity contribution < 1.29 is 13.8 Å². The van der Waals surface area contributed by atoms with Crippen molar-refractivity contribution in [2.24, 2.45) is 5.16 Å². The summed E-state index contributed by atoms with van der Waals surface area (Å²) in [5.74, 6) is 0.315. The molecule has 6 heteroatoms. The second kappa shape index (κ2) is 8.16. The number of nitrogens with zero attached hydrogens (tertiary/aromatic N) is 1. The van der Waals surface area contributed by atoms with Crippen LogP contribution in [0.25, 0.3) is 0 Å². The molecule has 1 unspecified atom stereocenters. The summed E-state index contributed by atoms with van der Waals surface area (Å²) in [6.45, 7) is 5.42. The fraction of sp³-hybridized carbons (Fsp3) is 0.556. The summed E-state index contributed by atoms with van der Waals surface area (Å²) >= 11 is 0. The first-order valence-corrected chi connectivity index (χ1v) is 5.92. The molecule has 0 spiro atoms. The molecule has 0 saturated heterocycles. The normalized spacial score (nSPS) is 13.1. The Kier molecular flexibility index (Phi) is 7.53. The van der Waals surface area contributed by atoms with Gasteiger partial charge in [-0.3, -0.25) is 9.05 Å². The number of hydrogen-bond acceptors (Lipinski definition) is 4. The van der Waals surface area contributed by atoms with Gasteiger partial charge in [-0.25, -0.2) is 4.79 Å². The largest absolute Gasteiger partial charge is 0.433 e. The summed E-state index contributed by atoms with van der Waals surface area (Å²) in [6.07, 6.45) is 2.21. The van der Waals surface area contributed by atoms with Crippen LogP contribution >= 0.6 is 0 Å². The molecule has 0 aromatic heterocycles. The molecule has 0 bridgehead atoms. The van der Waals surface area contributed by atoms with Gasteiger partial charge in [0, 0.05) is 19.2 Å². The average Bonchev–Trinajstić information content (AvgIpc) is 2.23. The minimum Gasteiger partial charge on any atom is -0.323 e. The van der Waals surface area contributed by atoms with Crippen LogP contribution in [0.5, 0.6) is 0 Å². The smallest absolute Gasteiger partial charge is 0.323 e. The van der Waals surface area contributed by atoms with Crippen LogP contribution in [0.1, 0.15) is 19.8 Å². The minimum absolute atomic E-state index is 0.315. The fourth-order valence-corrected chi connectivity index (χ4v) is 1.71. The van der Waals surface area contributed by atoms with Gasteiger partial charge in [-0.05, 0) is 6.42 Å². The van der Waals surface area contributed by atoms with E-state index >= 15 is 0 Å². The number of oxime groups is 1. The van der Waals surface area contributed by atoms with E-state index in [-0.39, 0.29) is 0 Å². The topological polar surface area (TPSA) is 67.8 Å². The lowest BCUT2D eigenvalue weighted by Gasteiger charge is -2.02. The molecule has 0 aromatic rings. The average molecular weight is 232 g/mol. The lowest BCUT2D eigenvalue weighted by atomic mass is 10.4. The third kappa shape index (κ3) is 6.01. The summed E-state index contributed by atoms with van der Waals surface area (Å²) in [4.78, 5) is 15.2. The molecule has 1 N–H and O–H groups in total. The first-order chi connectivity index (χ1) is 7.15. The molecular weight excluding hydrogens is 216 g/mol. The maximum atomic E-state index is 11.5. The van der Waals surface area contributed by atoms with E-state index in [1.54, 1.807) is 6.08 Å². The quantitative estimate of drug-likeness (QED) is 0.256. The van der Waals surface area contributed by atoms with Crippen LogP contribution in [0, 0.1) is 0 Å². The zero-order valence-corrected chi connectivity index (χ0v) is 9.80. The van der Waals surface area contributed by atoms with Crippen LogP contribution in [0.15, 0.2) is 17.8 Å². The molecule has 0 radical (unpaired) electrons. The van der Waals surface area contributed by atoms with E-state index in [1.165, 1.54) is 7.05 Å². The van der Waals surface area contributed by atoms with Crippen molar-refractivity contribution in [3.63, 3.8) is 0 Å². The SMILES string of the molecule is C=CCS(=O)C(CCC)=NOC(=O)NC. The van der Waals surface area contributed by atoms with Crippen LogP contribution in [0.4, 0.5) is 4.79 Å². The summed E-state index contributed by atoms with van der Waals surface area (Å²) in [7, 11) is 0.179. The standard InChI is InChI=1S/C9H16N2O3S/c1-4-6-8(15(13)7-5-2)11-14-9(12)10-3/h5H,2,4,6-7H2,1,3H3,(H,10,12). The minimum atomic E-state index is -1.25. The molecule has 1 amide bonds. The van der Waals surface area contributed by atoms with Gasteiger partial charge in [-0.15, -0.1) is 6.58 Å². The van der Waals surface area contributed by atoms with E-state index in [4.69, 9.17) is 0 Å². The van der Waals surface area contributed by atoms with Gasteiger partial charge in [0.15, 0.2) is 0 Å². The van der Waals surface area contributed by atoms with Crippen molar-refractivity contribution in [2.75, 3.05) is 12.8 Å². The molecule has 5 nitrogen and oxygen atoms in total. The Labute approximate surface area is 92.0 Å². The highest BCUT2D eigenvalue weighted by Crippen LogP contribution is 2.00. The lowest BCUT2D eigenvalue weighted by Crippen LogP contribution is -2.19. The number of carbonyl (C=O) groups excluding carboxylic acids is 1. The van der Waals surface area contributed by atoms with E-state index in [2.05, 4.69) is 21.9 Å².